The van der Waals surface area contributed by atoms with Crippen molar-refractivity contribution in [3.8, 4) is 0 Å². The Morgan fingerprint density at radius 2 is 2.27 bits per heavy atom. The third kappa shape index (κ3) is 4.13. The molecule has 0 aromatic carbocycles. The van der Waals surface area contributed by atoms with Crippen molar-refractivity contribution < 1.29 is 4.55 Å². The number of H-pyrrole nitrogens is 1. The van der Waals surface area contributed by atoms with Gasteiger partial charge < -0.3 is 4.55 Å². The van der Waals surface area contributed by atoms with E-state index in [0.717, 1.165) is 36.5 Å². The van der Waals surface area contributed by atoms with Crippen LogP contribution in [0, 0.1) is 5.92 Å². The fourth-order valence-corrected chi connectivity index (χ4v) is 2.16. The second-order valence-corrected chi connectivity index (χ2v) is 4.89. The van der Waals surface area contributed by atoms with E-state index in [-0.39, 0.29) is 0 Å². The van der Waals surface area contributed by atoms with E-state index in [9.17, 15) is 4.55 Å². The third-order valence-corrected chi connectivity index (χ3v) is 2.95. The van der Waals surface area contributed by atoms with E-state index in [1.807, 2.05) is 6.92 Å². The summed E-state index contributed by atoms with van der Waals surface area (Å²) in [5, 5.41) is 0. The van der Waals surface area contributed by atoms with E-state index in [0.29, 0.717) is 0 Å². The van der Waals surface area contributed by atoms with Gasteiger partial charge in [0.2, 0.25) is 0 Å². The molecule has 1 heterocycles. The topological polar surface area (TPSA) is 64.1 Å². The van der Waals surface area contributed by atoms with Gasteiger partial charge in [-0.2, -0.15) is 4.37 Å². The highest BCUT2D eigenvalue weighted by molar-refractivity contribution is 7.13. The molecule has 1 unspecified atom stereocenters. The maximum atomic E-state index is 11.1. The standard InChI is InChI=1S/C10H19N3OS/c1-4-9-10(13-15(14)12-9)11-7-5-6-8(2)3/h8H,4-7H2,1-3H3,(H,11,13). The molecule has 1 atom stereocenters. The number of nitrogens with one attached hydrogen (secondary N) is 1. The lowest BCUT2D eigenvalue weighted by molar-refractivity contribution is 0.558. The summed E-state index contributed by atoms with van der Waals surface area (Å²) >= 11 is -1.29. The van der Waals surface area contributed by atoms with E-state index in [1.54, 1.807) is 0 Å². The molecule has 1 aromatic rings. The number of rotatable bonds is 5. The quantitative estimate of drug-likeness (QED) is 0.620. The third-order valence-electron chi connectivity index (χ3n) is 2.19. The molecule has 1 rings (SSSR count). The molecule has 0 bridgehead atoms. The molecule has 0 saturated heterocycles. The van der Waals surface area contributed by atoms with Crippen LogP contribution < -0.4 is 5.49 Å². The fraction of sp³-hybridized carbons (Fsp3) is 0.800. The van der Waals surface area contributed by atoms with Crippen molar-refractivity contribution in [2.75, 3.05) is 6.54 Å². The zero-order valence-electron chi connectivity index (χ0n) is 9.62. The van der Waals surface area contributed by atoms with Crippen molar-refractivity contribution in [1.29, 1.82) is 0 Å². The normalized spacial score (nSPS) is 13.9. The van der Waals surface area contributed by atoms with E-state index in [1.165, 1.54) is 6.42 Å². The van der Waals surface area contributed by atoms with Gasteiger partial charge in [0.05, 0.1) is 0 Å². The maximum Gasteiger partial charge on any atom is 0.198 e. The first kappa shape index (κ1) is 12.4. The van der Waals surface area contributed by atoms with Gasteiger partial charge in [0.1, 0.15) is 5.69 Å². The molecule has 0 saturated carbocycles. The molecule has 0 amide bonds. The molecular formula is C10H19N3OS. The van der Waals surface area contributed by atoms with Crippen LogP contribution in [0.5, 0.6) is 0 Å². The summed E-state index contributed by atoms with van der Waals surface area (Å²) in [7, 11) is 0. The number of aromatic amines is 1. The number of nitrogens with zero attached hydrogens (tertiary/aromatic N) is 2. The largest absolute Gasteiger partial charge is 0.548 e. The van der Waals surface area contributed by atoms with E-state index in [2.05, 4.69) is 27.6 Å². The second kappa shape index (κ2) is 6.02. The monoisotopic (exact) mass is 229 g/mol. The minimum atomic E-state index is -1.29. The minimum Gasteiger partial charge on any atom is -0.548 e. The molecule has 0 radical (unpaired) electrons. The Kier molecular flexibility index (Phi) is 4.98. The van der Waals surface area contributed by atoms with Crippen LogP contribution in [0.2, 0.25) is 0 Å². The van der Waals surface area contributed by atoms with Gasteiger partial charge in [-0.05, 0) is 29.6 Å². The highest BCUT2D eigenvalue weighted by atomic mass is 32.2. The number of aromatic nitrogens is 2. The molecule has 86 valence electrons. The zero-order chi connectivity index (χ0) is 11.3. The Morgan fingerprint density at radius 3 is 2.87 bits per heavy atom. The molecule has 1 N–H and O–H groups in total. The zero-order valence-corrected chi connectivity index (χ0v) is 10.4. The van der Waals surface area contributed by atoms with Crippen molar-refractivity contribution in [2.24, 2.45) is 10.9 Å². The van der Waals surface area contributed by atoms with Gasteiger partial charge in [-0.3, -0.25) is 4.99 Å². The maximum absolute atomic E-state index is 11.1. The van der Waals surface area contributed by atoms with Gasteiger partial charge in [0, 0.05) is 6.54 Å². The molecule has 1 aromatic heterocycles. The van der Waals surface area contributed by atoms with Gasteiger partial charge in [-0.15, -0.1) is 0 Å². The summed E-state index contributed by atoms with van der Waals surface area (Å²) in [5.41, 5.74) is 1.55. The average Bonchev–Trinajstić information content (AvgIpc) is 2.53. The van der Waals surface area contributed by atoms with Crippen LogP contribution in [0.15, 0.2) is 4.99 Å². The predicted molar refractivity (Wildman–Crippen MR) is 61.1 cm³/mol. The second-order valence-electron chi connectivity index (χ2n) is 4.01. The van der Waals surface area contributed by atoms with E-state index >= 15 is 0 Å². The SMILES string of the molecule is CCc1n[s+]([O-])[nH]c1=NCCCC(C)C. The predicted octanol–water partition coefficient (Wildman–Crippen LogP) is 2.04. The van der Waals surface area contributed by atoms with Crippen LogP contribution in [0.25, 0.3) is 0 Å². The Bertz CT molecular complexity index is 354. The van der Waals surface area contributed by atoms with Crippen molar-refractivity contribution >= 4 is 11.1 Å². The van der Waals surface area contributed by atoms with E-state index < -0.39 is 11.1 Å². The Hall–Kier alpha value is -0.680. The summed E-state index contributed by atoms with van der Waals surface area (Å²) in [5.74, 6) is 0.718. The Balaban J connectivity index is 2.57. The lowest BCUT2D eigenvalue weighted by Gasteiger charge is -1.99. The van der Waals surface area contributed by atoms with Gasteiger partial charge in [-0.25, -0.2) is 0 Å². The van der Waals surface area contributed by atoms with Crippen LogP contribution in [0.4, 0.5) is 0 Å². The van der Waals surface area contributed by atoms with Crippen LogP contribution in [-0.2, 0) is 6.42 Å². The first-order chi connectivity index (χ1) is 7.13. The molecule has 0 aliphatic rings. The fourth-order valence-electron chi connectivity index (χ4n) is 1.35. The lowest BCUT2D eigenvalue weighted by Crippen LogP contribution is -2.09. The number of aryl methyl sites for hydroxylation is 1. The average molecular weight is 229 g/mol. The first-order valence-electron chi connectivity index (χ1n) is 5.44. The van der Waals surface area contributed by atoms with Gasteiger partial charge in [0.15, 0.2) is 16.6 Å². The first-order valence-corrected chi connectivity index (χ1v) is 6.55. The van der Waals surface area contributed by atoms with Crippen molar-refractivity contribution in [3.05, 3.63) is 11.2 Å². The Morgan fingerprint density at radius 1 is 1.53 bits per heavy atom. The number of hydrogen-bond acceptors (Lipinski definition) is 3. The van der Waals surface area contributed by atoms with Gasteiger partial charge >= 0.3 is 0 Å². The Labute approximate surface area is 93.6 Å². The van der Waals surface area contributed by atoms with Crippen LogP contribution in [0.3, 0.4) is 0 Å². The van der Waals surface area contributed by atoms with Crippen LogP contribution >= 0.6 is 11.1 Å². The molecule has 0 spiro atoms. The highest BCUT2D eigenvalue weighted by Gasteiger charge is 2.04. The number of hydrogen-bond donors (Lipinski definition) is 1. The molecule has 5 heteroatoms. The highest BCUT2D eigenvalue weighted by Crippen LogP contribution is 2.03. The summed E-state index contributed by atoms with van der Waals surface area (Å²) in [6, 6.07) is 0. The van der Waals surface area contributed by atoms with E-state index in [4.69, 9.17) is 0 Å². The van der Waals surface area contributed by atoms with Crippen LogP contribution in [-0.4, -0.2) is 19.8 Å². The minimum absolute atomic E-state index is 0.718. The van der Waals surface area contributed by atoms with Gasteiger partial charge in [-0.1, -0.05) is 20.8 Å². The molecule has 4 nitrogen and oxygen atoms in total. The molecular weight excluding hydrogens is 210 g/mol. The smallest absolute Gasteiger partial charge is 0.198 e. The summed E-state index contributed by atoms with van der Waals surface area (Å²) in [6.45, 7) is 7.19. The molecule has 0 fully saturated rings. The van der Waals surface area contributed by atoms with Crippen molar-refractivity contribution in [3.63, 3.8) is 0 Å². The van der Waals surface area contributed by atoms with Crippen LogP contribution in [0.1, 0.15) is 39.3 Å². The molecule has 0 aliphatic carbocycles. The summed E-state index contributed by atoms with van der Waals surface area (Å²) < 4.78 is 17.8. The summed E-state index contributed by atoms with van der Waals surface area (Å²) in [6.07, 6.45) is 3.03. The lowest BCUT2D eigenvalue weighted by atomic mass is 10.1. The molecule has 15 heavy (non-hydrogen) atoms. The van der Waals surface area contributed by atoms with Crippen molar-refractivity contribution in [2.45, 2.75) is 40.0 Å². The van der Waals surface area contributed by atoms with Gasteiger partial charge in [0.25, 0.3) is 0 Å². The molecule has 0 aliphatic heterocycles. The van der Waals surface area contributed by atoms with Crippen molar-refractivity contribution in [1.82, 2.24) is 8.75 Å². The summed E-state index contributed by atoms with van der Waals surface area (Å²) in [4.78, 5) is 4.38.